The molecule has 2 aromatic heterocycles. The third-order valence-corrected chi connectivity index (χ3v) is 8.00. The van der Waals surface area contributed by atoms with Gasteiger partial charge in [0.2, 0.25) is 0 Å². The van der Waals surface area contributed by atoms with Crippen molar-refractivity contribution in [2.45, 2.75) is 19.9 Å². The van der Waals surface area contributed by atoms with Crippen molar-refractivity contribution in [2.75, 3.05) is 6.61 Å². The van der Waals surface area contributed by atoms with Crippen LogP contribution in [0.4, 0.5) is 0 Å². The molecule has 0 radical (unpaired) electrons. The van der Waals surface area contributed by atoms with Gasteiger partial charge in [-0.1, -0.05) is 17.4 Å². The van der Waals surface area contributed by atoms with E-state index in [1.807, 2.05) is 40.1 Å². The van der Waals surface area contributed by atoms with Gasteiger partial charge in [0.25, 0.3) is 5.56 Å². The first-order chi connectivity index (χ1) is 14.8. The first kappa shape index (κ1) is 22.4. The first-order valence-electron chi connectivity index (χ1n) is 9.23. The fraction of sp³-hybridized carbons (Fsp3) is 0.190. The lowest BCUT2D eigenvalue weighted by Gasteiger charge is -2.23. The monoisotopic (exact) mass is 630 g/mol. The van der Waals surface area contributed by atoms with Crippen molar-refractivity contribution < 1.29 is 14.6 Å². The molecule has 160 valence electrons. The molecule has 1 aromatic carbocycles. The van der Waals surface area contributed by atoms with E-state index in [2.05, 4.69) is 20.9 Å². The molecular weight excluding hydrogens is 615 g/mol. The first-order valence-corrected chi connectivity index (χ1v) is 12.8. The van der Waals surface area contributed by atoms with Crippen molar-refractivity contribution >= 4 is 73.2 Å². The third-order valence-electron chi connectivity index (χ3n) is 4.67. The number of aromatic hydroxyl groups is 1. The molecule has 3 aromatic rings. The Bertz CT molecular complexity index is 1370. The number of thiazole rings is 1. The largest absolute Gasteiger partial charge is 0.506 e. The van der Waals surface area contributed by atoms with E-state index in [1.54, 1.807) is 36.6 Å². The van der Waals surface area contributed by atoms with Gasteiger partial charge in [0, 0.05) is 4.88 Å². The molecule has 1 N–H and O–H groups in total. The Balaban J connectivity index is 1.94. The van der Waals surface area contributed by atoms with E-state index >= 15 is 0 Å². The van der Waals surface area contributed by atoms with Crippen LogP contribution < -0.4 is 14.9 Å². The van der Waals surface area contributed by atoms with Crippen molar-refractivity contribution in [3.05, 3.63) is 79.1 Å². The number of aromatic nitrogens is 1. The van der Waals surface area contributed by atoms with E-state index in [-0.39, 0.29) is 17.9 Å². The van der Waals surface area contributed by atoms with Gasteiger partial charge in [0.15, 0.2) is 4.80 Å². The highest BCUT2D eigenvalue weighted by Gasteiger charge is 2.33. The highest BCUT2D eigenvalue weighted by atomic mass is 127. The minimum Gasteiger partial charge on any atom is -0.506 e. The Hall–Kier alpha value is -1.76. The summed E-state index contributed by atoms with van der Waals surface area (Å²) in [7, 11) is 0. The van der Waals surface area contributed by atoms with E-state index in [9.17, 15) is 14.7 Å². The number of halogens is 2. The fourth-order valence-electron chi connectivity index (χ4n) is 3.33. The second kappa shape index (κ2) is 9.00. The second-order valence-corrected chi connectivity index (χ2v) is 10.7. The SMILES string of the molecule is CCOC(=O)C1=C(C)N=c2s/c(=C/c3cc(Br)c(O)c(I)c3)c(=O)n2[C@H]1c1cccs1. The van der Waals surface area contributed by atoms with E-state index in [1.165, 1.54) is 22.7 Å². The summed E-state index contributed by atoms with van der Waals surface area (Å²) in [6.07, 6.45) is 1.77. The molecule has 0 amide bonds. The number of hydrogen-bond acceptors (Lipinski definition) is 7. The number of nitrogens with zero attached hydrogens (tertiary/aromatic N) is 2. The molecule has 10 heteroatoms. The zero-order valence-corrected chi connectivity index (χ0v) is 21.8. The summed E-state index contributed by atoms with van der Waals surface area (Å²) in [5.41, 5.74) is 1.47. The van der Waals surface area contributed by atoms with Crippen molar-refractivity contribution in [3.8, 4) is 5.75 Å². The van der Waals surface area contributed by atoms with Crippen LogP contribution in [0.3, 0.4) is 0 Å². The van der Waals surface area contributed by atoms with Gasteiger partial charge < -0.3 is 9.84 Å². The number of phenols is 1. The van der Waals surface area contributed by atoms with E-state index in [0.717, 1.165) is 10.4 Å². The number of hydrogen-bond donors (Lipinski definition) is 1. The molecule has 0 saturated carbocycles. The summed E-state index contributed by atoms with van der Waals surface area (Å²) in [6.45, 7) is 3.76. The van der Waals surface area contributed by atoms with Gasteiger partial charge >= 0.3 is 5.97 Å². The lowest BCUT2D eigenvalue weighted by atomic mass is 10.0. The number of benzene rings is 1. The van der Waals surface area contributed by atoms with Crippen LogP contribution in [0.5, 0.6) is 5.75 Å². The van der Waals surface area contributed by atoms with Crippen molar-refractivity contribution in [1.29, 1.82) is 0 Å². The highest BCUT2D eigenvalue weighted by Crippen LogP contribution is 2.33. The number of phenolic OH excluding ortho intramolecular Hbond substituents is 1. The molecule has 31 heavy (non-hydrogen) atoms. The molecule has 0 bridgehead atoms. The number of fused-ring (bicyclic) bond motifs is 1. The Kier molecular flexibility index (Phi) is 6.52. The Morgan fingerprint density at radius 2 is 2.23 bits per heavy atom. The molecule has 1 atom stereocenters. The van der Waals surface area contributed by atoms with Crippen molar-refractivity contribution in [3.63, 3.8) is 0 Å². The zero-order chi connectivity index (χ0) is 22.3. The van der Waals surface area contributed by atoms with Gasteiger partial charge in [-0.05, 0) is 87.6 Å². The van der Waals surface area contributed by atoms with Crippen LogP contribution in [0.2, 0.25) is 0 Å². The number of ether oxygens (including phenoxy) is 1. The maximum Gasteiger partial charge on any atom is 0.338 e. The predicted molar refractivity (Wildman–Crippen MR) is 133 cm³/mol. The lowest BCUT2D eigenvalue weighted by molar-refractivity contribution is -0.139. The summed E-state index contributed by atoms with van der Waals surface area (Å²) in [4.78, 5) is 32.2. The summed E-state index contributed by atoms with van der Waals surface area (Å²) >= 11 is 8.13. The summed E-state index contributed by atoms with van der Waals surface area (Å²) < 4.78 is 8.56. The molecule has 0 aliphatic carbocycles. The molecule has 0 spiro atoms. The van der Waals surface area contributed by atoms with Crippen LogP contribution >= 0.6 is 61.2 Å². The number of allylic oxidation sites excluding steroid dienone is 1. The molecule has 0 unspecified atom stereocenters. The van der Waals surface area contributed by atoms with Gasteiger partial charge in [-0.2, -0.15) is 0 Å². The lowest BCUT2D eigenvalue weighted by Crippen LogP contribution is -2.39. The molecule has 3 heterocycles. The van der Waals surface area contributed by atoms with Crippen LogP contribution in [0, 0.1) is 3.57 Å². The molecule has 0 saturated heterocycles. The smallest absolute Gasteiger partial charge is 0.338 e. The van der Waals surface area contributed by atoms with Crippen molar-refractivity contribution in [2.24, 2.45) is 4.99 Å². The summed E-state index contributed by atoms with van der Waals surface area (Å²) in [5.74, 6) is -0.306. The Labute approximate surface area is 207 Å². The topological polar surface area (TPSA) is 80.9 Å². The summed E-state index contributed by atoms with van der Waals surface area (Å²) in [5, 5.41) is 11.9. The Morgan fingerprint density at radius 1 is 1.45 bits per heavy atom. The van der Waals surface area contributed by atoms with Gasteiger partial charge in [-0.3, -0.25) is 9.36 Å². The predicted octanol–water partition coefficient (Wildman–Crippen LogP) is 3.93. The van der Waals surface area contributed by atoms with E-state index in [4.69, 9.17) is 4.74 Å². The highest BCUT2D eigenvalue weighted by molar-refractivity contribution is 14.1. The zero-order valence-electron chi connectivity index (χ0n) is 16.4. The number of carbonyl (C=O) groups is 1. The van der Waals surface area contributed by atoms with Gasteiger partial charge in [-0.25, -0.2) is 9.79 Å². The third kappa shape index (κ3) is 4.18. The fourth-order valence-corrected chi connectivity index (χ4v) is 6.70. The molecular formula is C21H16BrIN2O4S2. The minimum absolute atomic E-state index is 0.159. The second-order valence-electron chi connectivity index (χ2n) is 6.65. The average molecular weight is 631 g/mol. The van der Waals surface area contributed by atoms with Crippen molar-refractivity contribution in [1.82, 2.24) is 4.57 Å². The maximum atomic E-state index is 13.4. The molecule has 0 fully saturated rings. The molecule has 1 aliphatic heterocycles. The van der Waals surface area contributed by atoms with Crippen LogP contribution in [0.15, 0.2) is 55.2 Å². The van der Waals surface area contributed by atoms with Crippen LogP contribution in [-0.2, 0) is 9.53 Å². The Morgan fingerprint density at radius 3 is 2.87 bits per heavy atom. The van der Waals surface area contributed by atoms with E-state index < -0.39 is 12.0 Å². The van der Waals surface area contributed by atoms with Gasteiger partial charge in [0.1, 0.15) is 11.8 Å². The average Bonchev–Trinajstić information content (AvgIpc) is 3.34. The number of esters is 1. The quantitative estimate of drug-likeness (QED) is 0.350. The molecule has 4 rings (SSSR count). The number of rotatable bonds is 4. The van der Waals surface area contributed by atoms with E-state index in [0.29, 0.717) is 28.6 Å². The van der Waals surface area contributed by atoms with Crippen LogP contribution in [0.25, 0.3) is 6.08 Å². The standard InChI is InChI=1S/C21H16BrIN2O4S2/c1-3-29-20(28)16-10(2)24-21-25(17(16)14-5-4-6-30-14)19(27)15(31-21)9-11-7-12(22)18(26)13(23)8-11/h4-9,17,26H,3H2,1-2H3/b15-9+/t17-/m0/s1. The van der Waals surface area contributed by atoms with Crippen LogP contribution in [-0.4, -0.2) is 22.2 Å². The summed E-state index contributed by atoms with van der Waals surface area (Å²) in [6, 6.07) is 6.77. The number of thiophene rings is 1. The van der Waals surface area contributed by atoms with Gasteiger partial charge in [0.05, 0.1) is 30.5 Å². The molecule has 6 nitrogen and oxygen atoms in total. The minimum atomic E-state index is -0.579. The van der Waals surface area contributed by atoms with Gasteiger partial charge in [-0.15, -0.1) is 11.3 Å². The maximum absolute atomic E-state index is 13.4. The number of carbonyl (C=O) groups excluding carboxylic acids is 1. The normalized spacial score (nSPS) is 16.3. The van der Waals surface area contributed by atoms with Crippen LogP contribution in [0.1, 0.15) is 30.3 Å². The molecule has 1 aliphatic rings.